The number of carboxylic acid groups (broad SMARTS) is 1. The minimum atomic E-state index is -0.715. The molecular formula is C13H25NO2. The molecule has 0 aromatic heterocycles. The van der Waals surface area contributed by atoms with Crippen LogP contribution in [-0.4, -0.2) is 16.6 Å². The lowest BCUT2D eigenvalue weighted by Gasteiger charge is -2.35. The van der Waals surface area contributed by atoms with E-state index in [1.54, 1.807) is 0 Å². The number of nitrogens with two attached hydrogens (primary N) is 1. The standard InChI is InChI=1S/C13H25NO2/c1-13(2,14)11(9-12(15)16)10-7-5-3-4-6-8-10/h10-11H,3-9,14H2,1-2H3,(H,15,16). The lowest BCUT2D eigenvalue weighted by atomic mass is 9.73. The lowest BCUT2D eigenvalue weighted by molar-refractivity contribution is -0.139. The highest BCUT2D eigenvalue weighted by Crippen LogP contribution is 2.35. The van der Waals surface area contributed by atoms with Crippen LogP contribution in [0.25, 0.3) is 0 Å². The number of hydrogen-bond acceptors (Lipinski definition) is 2. The van der Waals surface area contributed by atoms with E-state index in [-0.39, 0.29) is 17.9 Å². The number of rotatable bonds is 4. The normalized spacial score (nSPS) is 21.4. The summed E-state index contributed by atoms with van der Waals surface area (Å²) < 4.78 is 0. The van der Waals surface area contributed by atoms with E-state index in [0.29, 0.717) is 5.92 Å². The summed E-state index contributed by atoms with van der Waals surface area (Å²) in [5.74, 6) is -0.102. The van der Waals surface area contributed by atoms with E-state index in [0.717, 1.165) is 12.8 Å². The van der Waals surface area contributed by atoms with Gasteiger partial charge in [-0.25, -0.2) is 0 Å². The first-order valence-corrected chi connectivity index (χ1v) is 6.42. The Morgan fingerprint density at radius 3 is 2.19 bits per heavy atom. The molecule has 0 spiro atoms. The first-order valence-electron chi connectivity index (χ1n) is 6.42. The fourth-order valence-corrected chi connectivity index (χ4v) is 2.94. The first kappa shape index (κ1) is 13.5. The predicted octanol–water partition coefficient (Wildman–Crippen LogP) is 2.79. The van der Waals surface area contributed by atoms with Crippen molar-refractivity contribution in [2.24, 2.45) is 17.6 Å². The Hall–Kier alpha value is -0.570. The molecule has 1 saturated carbocycles. The Balaban J connectivity index is 2.69. The summed E-state index contributed by atoms with van der Waals surface area (Å²) in [5, 5.41) is 8.99. The van der Waals surface area contributed by atoms with Crippen molar-refractivity contribution < 1.29 is 9.90 Å². The minimum Gasteiger partial charge on any atom is -0.481 e. The average Bonchev–Trinajstić information content (AvgIpc) is 2.40. The van der Waals surface area contributed by atoms with Crippen molar-refractivity contribution in [1.82, 2.24) is 0 Å². The highest BCUT2D eigenvalue weighted by molar-refractivity contribution is 5.67. The van der Waals surface area contributed by atoms with Crippen LogP contribution in [0.4, 0.5) is 0 Å². The van der Waals surface area contributed by atoms with Gasteiger partial charge in [0.2, 0.25) is 0 Å². The smallest absolute Gasteiger partial charge is 0.303 e. The zero-order valence-corrected chi connectivity index (χ0v) is 10.5. The van der Waals surface area contributed by atoms with E-state index in [1.807, 2.05) is 13.8 Å². The van der Waals surface area contributed by atoms with E-state index in [9.17, 15) is 4.79 Å². The third kappa shape index (κ3) is 4.12. The highest BCUT2D eigenvalue weighted by atomic mass is 16.4. The van der Waals surface area contributed by atoms with E-state index in [1.165, 1.54) is 25.7 Å². The Morgan fingerprint density at radius 2 is 1.81 bits per heavy atom. The van der Waals surface area contributed by atoms with Crippen molar-refractivity contribution in [3.8, 4) is 0 Å². The van der Waals surface area contributed by atoms with Gasteiger partial charge in [0.15, 0.2) is 0 Å². The fraction of sp³-hybridized carbons (Fsp3) is 0.923. The number of aliphatic carboxylic acids is 1. The van der Waals surface area contributed by atoms with E-state index in [4.69, 9.17) is 10.8 Å². The monoisotopic (exact) mass is 227 g/mol. The van der Waals surface area contributed by atoms with Crippen LogP contribution in [-0.2, 0) is 4.79 Å². The zero-order chi connectivity index (χ0) is 12.2. The van der Waals surface area contributed by atoms with Crippen molar-refractivity contribution in [1.29, 1.82) is 0 Å². The molecule has 3 nitrogen and oxygen atoms in total. The van der Waals surface area contributed by atoms with Gasteiger partial charge in [0.1, 0.15) is 0 Å². The molecule has 16 heavy (non-hydrogen) atoms. The molecule has 1 atom stereocenters. The molecule has 94 valence electrons. The topological polar surface area (TPSA) is 63.3 Å². The van der Waals surface area contributed by atoms with Gasteiger partial charge in [-0.15, -0.1) is 0 Å². The second-order valence-corrected chi connectivity index (χ2v) is 5.78. The molecule has 0 aromatic rings. The number of carbonyl (C=O) groups is 1. The molecule has 1 rings (SSSR count). The Kier molecular flexibility index (Phi) is 4.78. The Bertz CT molecular complexity index is 225. The van der Waals surface area contributed by atoms with Gasteiger partial charge in [-0.2, -0.15) is 0 Å². The predicted molar refractivity (Wildman–Crippen MR) is 65.2 cm³/mol. The average molecular weight is 227 g/mol. The molecule has 1 aliphatic rings. The maximum atomic E-state index is 10.9. The van der Waals surface area contributed by atoms with E-state index in [2.05, 4.69) is 0 Å². The van der Waals surface area contributed by atoms with Crippen LogP contribution < -0.4 is 5.73 Å². The zero-order valence-electron chi connectivity index (χ0n) is 10.5. The molecule has 0 aliphatic heterocycles. The summed E-state index contributed by atoms with van der Waals surface area (Å²) in [7, 11) is 0. The number of carboxylic acids is 1. The van der Waals surface area contributed by atoms with Gasteiger partial charge < -0.3 is 10.8 Å². The van der Waals surface area contributed by atoms with Gasteiger partial charge >= 0.3 is 5.97 Å². The largest absolute Gasteiger partial charge is 0.481 e. The second-order valence-electron chi connectivity index (χ2n) is 5.78. The lowest BCUT2D eigenvalue weighted by Crippen LogP contribution is -2.45. The van der Waals surface area contributed by atoms with Crippen LogP contribution in [0.3, 0.4) is 0 Å². The van der Waals surface area contributed by atoms with Gasteiger partial charge in [0, 0.05) is 5.54 Å². The third-order valence-electron chi connectivity index (χ3n) is 3.82. The molecular weight excluding hydrogens is 202 g/mol. The summed E-state index contributed by atoms with van der Waals surface area (Å²) in [5.41, 5.74) is 5.76. The van der Waals surface area contributed by atoms with Crippen LogP contribution in [0.15, 0.2) is 0 Å². The molecule has 3 N–H and O–H groups in total. The maximum Gasteiger partial charge on any atom is 0.303 e. The SMILES string of the molecule is CC(C)(N)C(CC(=O)O)C1CCCCCC1. The molecule has 0 amide bonds. The molecule has 0 aromatic carbocycles. The van der Waals surface area contributed by atoms with Crippen LogP contribution in [0.1, 0.15) is 58.8 Å². The molecule has 3 heteroatoms. The van der Waals surface area contributed by atoms with Crippen molar-refractivity contribution in [2.45, 2.75) is 64.3 Å². The van der Waals surface area contributed by atoms with Gasteiger partial charge in [-0.3, -0.25) is 4.79 Å². The van der Waals surface area contributed by atoms with Crippen LogP contribution in [0.2, 0.25) is 0 Å². The second kappa shape index (κ2) is 5.67. The molecule has 1 aliphatic carbocycles. The van der Waals surface area contributed by atoms with E-state index >= 15 is 0 Å². The van der Waals surface area contributed by atoms with Crippen molar-refractivity contribution >= 4 is 5.97 Å². The van der Waals surface area contributed by atoms with Crippen LogP contribution in [0, 0.1) is 11.8 Å². The molecule has 0 heterocycles. The van der Waals surface area contributed by atoms with Crippen LogP contribution in [0.5, 0.6) is 0 Å². The summed E-state index contributed by atoms with van der Waals surface area (Å²) >= 11 is 0. The molecule has 0 bridgehead atoms. The Labute approximate surface area is 98.4 Å². The Morgan fingerprint density at radius 1 is 1.31 bits per heavy atom. The molecule has 1 fully saturated rings. The van der Waals surface area contributed by atoms with Gasteiger partial charge in [-0.1, -0.05) is 38.5 Å². The van der Waals surface area contributed by atoms with Gasteiger partial charge in [-0.05, 0) is 25.7 Å². The molecule has 0 radical (unpaired) electrons. The van der Waals surface area contributed by atoms with Crippen molar-refractivity contribution in [3.05, 3.63) is 0 Å². The fourth-order valence-electron chi connectivity index (χ4n) is 2.94. The van der Waals surface area contributed by atoms with Gasteiger partial charge in [0.05, 0.1) is 6.42 Å². The van der Waals surface area contributed by atoms with Crippen LogP contribution >= 0.6 is 0 Å². The highest BCUT2D eigenvalue weighted by Gasteiger charge is 2.34. The third-order valence-corrected chi connectivity index (χ3v) is 3.82. The molecule has 0 saturated heterocycles. The van der Waals surface area contributed by atoms with Crippen molar-refractivity contribution in [2.75, 3.05) is 0 Å². The minimum absolute atomic E-state index is 0.114. The molecule has 1 unspecified atom stereocenters. The maximum absolute atomic E-state index is 10.9. The van der Waals surface area contributed by atoms with E-state index < -0.39 is 5.97 Å². The summed E-state index contributed by atoms with van der Waals surface area (Å²) in [6, 6.07) is 0. The van der Waals surface area contributed by atoms with Gasteiger partial charge in [0.25, 0.3) is 0 Å². The van der Waals surface area contributed by atoms with Crippen molar-refractivity contribution in [3.63, 3.8) is 0 Å². The number of hydrogen-bond donors (Lipinski definition) is 2. The first-order chi connectivity index (χ1) is 7.41. The summed E-state index contributed by atoms with van der Waals surface area (Å²) in [6.07, 6.45) is 7.57. The summed E-state index contributed by atoms with van der Waals surface area (Å²) in [4.78, 5) is 10.9. The summed E-state index contributed by atoms with van der Waals surface area (Å²) in [6.45, 7) is 3.93. The quantitative estimate of drug-likeness (QED) is 0.726.